The van der Waals surface area contributed by atoms with Gasteiger partial charge in [0, 0.05) is 37.0 Å². The molecule has 0 saturated heterocycles. The molecule has 0 radical (unpaired) electrons. The SMILES string of the molecule is COc1cccc2c(N(C)CCC(=N)N)nccc12. The van der Waals surface area contributed by atoms with Gasteiger partial charge >= 0.3 is 0 Å². The number of pyridine rings is 1. The van der Waals surface area contributed by atoms with Gasteiger partial charge in [0.05, 0.1) is 12.9 Å². The first-order chi connectivity index (χ1) is 9.13. The monoisotopic (exact) mass is 258 g/mol. The van der Waals surface area contributed by atoms with Gasteiger partial charge in [-0.25, -0.2) is 4.98 Å². The lowest BCUT2D eigenvalue weighted by atomic mass is 10.1. The summed E-state index contributed by atoms with van der Waals surface area (Å²) in [5, 5.41) is 9.35. The Kier molecular flexibility index (Phi) is 3.85. The zero-order valence-corrected chi connectivity index (χ0v) is 11.2. The first-order valence-corrected chi connectivity index (χ1v) is 6.09. The van der Waals surface area contributed by atoms with E-state index in [9.17, 15) is 0 Å². The summed E-state index contributed by atoms with van der Waals surface area (Å²) < 4.78 is 5.36. The van der Waals surface area contributed by atoms with Crippen LogP contribution < -0.4 is 15.4 Å². The number of hydrogen-bond acceptors (Lipinski definition) is 4. The maximum Gasteiger partial charge on any atom is 0.136 e. The van der Waals surface area contributed by atoms with Gasteiger partial charge in [-0.05, 0) is 12.1 Å². The molecule has 1 aromatic heterocycles. The Hall–Kier alpha value is -2.30. The van der Waals surface area contributed by atoms with Gasteiger partial charge in [-0.1, -0.05) is 12.1 Å². The molecule has 3 N–H and O–H groups in total. The lowest BCUT2D eigenvalue weighted by molar-refractivity contribution is 0.420. The molecule has 5 nitrogen and oxygen atoms in total. The van der Waals surface area contributed by atoms with Crippen LogP contribution in [0.4, 0.5) is 5.82 Å². The van der Waals surface area contributed by atoms with Gasteiger partial charge in [-0.3, -0.25) is 5.41 Å². The summed E-state index contributed by atoms with van der Waals surface area (Å²) in [6.45, 7) is 0.665. The zero-order chi connectivity index (χ0) is 13.8. The molecule has 5 heteroatoms. The Morgan fingerprint density at radius 3 is 2.84 bits per heavy atom. The minimum atomic E-state index is 0.185. The Labute approximate surface area is 112 Å². The molecule has 0 amide bonds. The van der Waals surface area contributed by atoms with E-state index < -0.39 is 0 Å². The van der Waals surface area contributed by atoms with Crippen LogP contribution in [0.1, 0.15) is 6.42 Å². The minimum Gasteiger partial charge on any atom is -0.496 e. The van der Waals surface area contributed by atoms with E-state index in [1.165, 1.54) is 0 Å². The summed E-state index contributed by atoms with van der Waals surface area (Å²) in [6, 6.07) is 7.84. The molecule has 1 heterocycles. The van der Waals surface area contributed by atoms with Crippen molar-refractivity contribution >= 4 is 22.4 Å². The molecule has 2 rings (SSSR count). The number of ether oxygens (including phenoxy) is 1. The third-order valence-corrected chi connectivity index (χ3v) is 3.04. The Morgan fingerprint density at radius 2 is 2.16 bits per heavy atom. The molecule has 0 unspecified atom stereocenters. The van der Waals surface area contributed by atoms with Crippen molar-refractivity contribution in [3.63, 3.8) is 0 Å². The summed E-state index contributed by atoms with van der Waals surface area (Å²) in [7, 11) is 3.61. The Morgan fingerprint density at radius 1 is 1.37 bits per heavy atom. The van der Waals surface area contributed by atoms with Crippen LogP contribution in [0, 0.1) is 5.41 Å². The number of nitrogens with two attached hydrogens (primary N) is 1. The van der Waals surface area contributed by atoms with Crippen LogP contribution in [0.15, 0.2) is 30.5 Å². The number of hydrogen-bond donors (Lipinski definition) is 2. The summed E-state index contributed by atoms with van der Waals surface area (Å²) in [5.41, 5.74) is 5.39. The first kappa shape index (κ1) is 13.1. The third-order valence-electron chi connectivity index (χ3n) is 3.04. The van der Waals surface area contributed by atoms with Gasteiger partial charge < -0.3 is 15.4 Å². The van der Waals surface area contributed by atoms with Crippen LogP contribution in [0.2, 0.25) is 0 Å². The highest BCUT2D eigenvalue weighted by Crippen LogP contribution is 2.30. The van der Waals surface area contributed by atoms with Crippen molar-refractivity contribution in [1.29, 1.82) is 5.41 Å². The predicted octanol–water partition coefficient (Wildman–Crippen LogP) is 2.01. The molecule has 0 saturated carbocycles. The maximum atomic E-state index is 7.29. The molecule has 0 aliphatic carbocycles. The number of amidine groups is 1. The van der Waals surface area contributed by atoms with Crippen LogP contribution in [-0.2, 0) is 0 Å². The maximum absolute atomic E-state index is 7.29. The molecule has 19 heavy (non-hydrogen) atoms. The topological polar surface area (TPSA) is 75.2 Å². The fourth-order valence-electron chi connectivity index (χ4n) is 2.04. The van der Waals surface area contributed by atoms with Crippen molar-refractivity contribution in [3.05, 3.63) is 30.5 Å². The number of fused-ring (bicyclic) bond motifs is 1. The van der Waals surface area contributed by atoms with E-state index in [1.54, 1.807) is 13.3 Å². The van der Waals surface area contributed by atoms with Gasteiger partial charge in [-0.15, -0.1) is 0 Å². The number of methoxy groups -OCH3 is 1. The second-order valence-corrected chi connectivity index (χ2v) is 4.39. The van der Waals surface area contributed by atoms with E-state index in [0.29, 0.717) is 13.0 Å². The average molecular weight is 258 g/mol. The molecule has 2 aromatic rings. The number of rotatable bonds is 5. The molecule has 0 bridgehead atoms. The van der Waals surface area contributed by atoms with Gasteiger partial charge in [0.15, 0.2) is 0 Å². The van der Waals surface area contributed by atoms with E-state index in [0.717, 1.165) is 22.3 Å². The quantitative estimate of drug-likeness (QED) is 0.635. The van der Waals surface area contributed by atoms with Crippen molar-refractivity contribution in [1.82, 2.24) is 4.98 Å². The van der Waals surface area contributed by atoms with E-state index >= 15 is 0 Å². The summed E-state index contributed by atoms with van der Waals surface area (Å²) in [6.07, 6.45) is 2.29. The predicted molar refractivity (Wildman–Crippen MR) is 78.1 cm³/mol. The van der Waals surface area contributed by atoms with Gasteiger partial charge in [0.2, 0.25) is 0 Å². The van der Waals surface area contributed by atoms with Gasteiger partial charge in [-0.2, -0.15) is 0 Å². The smallest absolute Gasteiger partial charge is 0.136 e. The zero-order valence-electron chi connectivity index (χ0n) is 11.2. The van der Waals surface area contributed by atoms with Gasteiger partial charge in [0.25, 0.3) is 0 Å². The van der Waals surface area contributed by atoms with E-state index in [1.807, 2.05) is 36.2 Å². The third kappa shape index (κ3) is 2.76. The van der Waals surface area contributed by atoms with Gasteiger partial charge in [0.1, 0.15) is 11.6 Å². The highest BCUT2D eigenvalue weighted by molar-refractivity contribution is 5.96. The van der Waals surface area contributed by atoms with Crippen LogP contribution in [0.5, 0.6) is 5.75 Å². The number of benzene rings is 1. The first-order valence-electron chi connectivity index (χ1n) is 6.09. The standard InChI is InChI=1S/C14H18N4O/c1-18(9-7-13(15)16)14-11-4-3-5-12(19-2)10(11)6-8-17-14/h3-6,8H,7,9H2,1-2H3,(H3,15,16). The van der Waals surface area contributed by atoms with E-state index in [4.69, 9.17) is 15.9 Å². The summed E-state index contributed by atoms with van der Waals surface area (Å²) in [4.78, 5) is 6.42. The molecule has 1 aromatic carbocycles. The second kappa shape index (κ2) is 5.56. The van der Waals surface area contributed by atoms with Crippen molar-refractivity contribution < 1.29 is 4.74 Å². The van der Waals surface area contributed by atoms with Crippen molar-refractivity contribution in [3.8, 4) is 5.75 Å². The summed E-state index contributed by atoms with van der Waals surface area (Å²) >= 11 is 0. The summed E-state index contributed by atoms with van der Waals surface area (Å²) in [5.74, 6) is 1.89. The lowest BCUT2D eigenvalue weighted by Gasteiger charge is -2.20. The molecule has 0 aliphatic heterocycles. The number of nitrogens with one attached hydrogen (secondary N) is 1. The number of nitrogens with zero attached hydrogens (tertiary/aromatic N) is 2. The number of aromatic nitrogens is 1. The van der Waals surface area contributed by atoms with Crippen molar-refractivity contribution in [2.75, 3.05) is 25.6 Å². The van der Waals surface area contributed by atoms with Crippen LogP contribution >= 0.6 is 0 Å². The highest BCUT2D eigenvalue weighted by Gasteiger charge is 2.10. The molecular weight excluding hydrogens is 240 g/mol. The van der Waals surface area contributed by atoms with Crippen LogP contribution in [0.3, 0.4) is 0 Å². The molecule has 100 valence electrons. The minimum absolute atomic E-state index is 0.185. The van der Waals surface area contributed by atoms with Crippen molar-refractivity contribution in [2.45, 2.75) is 6.42 Å². The Balaban J connectivity index is 2.40. The molecular formula is C14H18N4O. The number of anilines is 1. The van der Waals surface area contributed by atoms with Crippen LogP contribution in [-0.4, -0.2) is 31.5 Å². The lowest BCUT2D eigenvalue weighted by Crippen LogP contribution is -2.24. The molecule has 0 spiro atoms. The Bertz CT molecular complexity index is 597. The second-order valence-electron chi connectivity index (χ2n) is 4.39. The fraction of sp³-hybridized carbons (Fsp3) is 0.286. The average Bonchev–Trinajstić information content (AvgIpc) is 2.43. The molecule has 0 atom stereocenters. The highest BCUT2D eigenvalue weighted by atomic mass is 16.5. The molecule has 0 aliphatic rings. The van der Waals surface area contributed by atoms with Crippen molar-refractivity contribution in [2.24, 2.45) is 5.73 Å². The van der Waals surface area contributed by atoms with E-state index in [-0.39, 0.29) is 5.84 Å². The van der Waals surface area contributed by atoms with E-state index in [2.05, 4.69) is 4.98 Å². The normalized spacial score (nSPS) is 10.4. The largest absolute Gasteiger partial charge is 0.496 e. The van der Waals surface area contributed by atoms with Crippen LogP contribution in [0.25, 0.3) is 10.8 Å². The fourth-order valence-corrected chi connectivity index (χ4v) is 2.04. The molecule has 0 fully saturated rings.